The highest BCUT2D eigenvalue weighted by atomic mass is 32.2. The molecule has 2 heterocycles. The molecule has 0 spiro atoms. The maximum Gasteiger partial charge on any atom is 0.247 e. The summed E-state index contributed by atoms with van der Waals surface area (Å²) >= 11 is 3.19. The molecule has 1 amide bonds. The Morgan fingerprint density at radius 2 is 1.87 bits per heavy atom. The monoisotopic (exact) mass is 748 g/mol. The number of carbonyl (C=O) groups excluding carboxylic acids is 1. The zero-order valence-electron chi connectivity index (χ0n) is 35.1. The summed E-state index contributed by atoms with van der Waals surface area (Å²) < 4.78 is 122. The summed E-state index contributed by atoms with van der Waals surface area (Å²) in [7, 11) is -3.62. The first kappa shape index (κ1) is 26.6. The molecule has 2 saturated heterocycles. The fraction of sp³-hybridized carbons (Fsp3) is 0.593. The Hall–Kier alpha value is -1.16. The second-order valence-corrected chi connectivity index (χ2v) is 12.7. The van der Waals surface area contributed by atoms with Crippen molar-refractivity contribution < 1.29 is 57.2 Å². The third-order valence-corrected chi connectivity index (χ3v) is 8.89. The van der Waals surface area contributed by atoms with Crippen molar-refractivity contribution in [3.63, 3.8) is 0 Å². The summed E-state index contributed by atoms with van der Waals surface area (Å²) in [4.78, 5) is 13.7. The molecule has 0 radical (unpaired) electrons. The number of rotatable bonds is 23. The smallest absolute Gasteiger partial charge is 0.247 e. The van der Waals surface area contributed by atoms with Crippen LogP contribution in [0.25, 0.3) is 6.08 Å². The lowest BCUT2D eigenvalue weighted by molar-refractivity contribution is -0.147. The van der Waals surface area contributed by atoms with Gasteiger partial charge in [-0.3, -0.25) is 4.79 Å². The average molecular weight is 748 g/mol. The van der Waals surface area contributed by atoms with Gasteiger partial charge in [-0.15, -0.1) is 0 Å². The van der Waals surface area contributed by atoms with Crippen molar-refractivity contribution in [2.75, 3.05) is 30.0 Å². The van der Waals surface area contributed by atoms with Gasteiger partial charge in [0.1, 0.15) is 84.7 Å². The minimum atomic E-state index is -1.32. The number of benzene rings is 1. The summed E-state index contributed by atoms with van der Waals surface area (Å²) in [6.07, 6.45) is -8.35. The highest BCUT2D eigenvalue weighted by Gasteiger charge is 2.55. The van der Waals surface area contributed by atoms with Gasteiger partial charge in [-0.1, -0.05) is 12.6 Å². The van der Waals surface area contributed by atoms with Crippen LogP contribution in [0.3, 0.4) is 0 Å². The van der Waals surface area contributed by atoms with E-state index >= 15 is 0 Å². The molecule has 3 aliphatic rings. The minimum absolute atomic E-state index is 0.0279. The Balaban J connectivity index is 1.58. The van der Waals surface area contributed by atoms with Crippen LogP contribution in [0.1, 0.15) is 13.9 Å². The summed E-state index contributed by atoms with van der Waals surface area (Å²) in [5, 5.41) is 17.5. The molecule has 0 bridgehead atoms. The standard InChI is InChI=1S/C27H40B3NO12S4/c1-12(26(35)31-17-18(32)19(33)23-25(37-11-36-23)22(17)42-46-9-29)6-14-4-5-15(16(7-14)41-45-8-28)38-27-20(34)24(43-47-10-30)21(39-27)13(2)40-44-3/h4-7,17-25,27,32-34H,2,8-11,28-30H2,1,3H3,(H,31,35)/t17?,18-,19+,20-,21+,22+,23+,24-,25-,27+/m0/s1/i3T,28TD,29TD,30TD,32T,33T,34T. The summed E-state index contributed by atoms with van der Waals surface area (Å²) in [5.74, 6) is -0.422. The molecule has 47 heavy (non-hydrogen) atoms. The zero-order chi connectivity index (χ0) is 41.6. The maximum atomic E-state index is 13.7. The van der Waals surface area contributed by atoms with E-state index in [1.165, 1.54) is 25.1 Å². The number of aliphatic hydroxyl groups is 3. The molecule has 20 heteroatoms. The molecule has 1 unspecified atom stereocenters. The van der Waals surface area contributed by atoms with E-state index < -0.39 is 90.4 Å². The second-order valence-electron chi connectivity index (χ2n) is 10.1. The van der Waals surface area contributed by atoms with E-state index in [9.17, 15) is 4.79 Å². The molecule has 2 aliphatic heterocycles. The molecule has 1 saturated carbocycles. The lowest BCUT2D eigenvalue weighted by Gasteiger charge is -2.43. The Morgan fingerprint density at radius 3 is 2.62 bits per heavy atom. The molecule has 4 rings (SSSR count). The molecule has 13 nitrogen and oxygen atoms in total. The van der Waals surface area contributed by atoms with Gasteiger partial charge in [0.05, 0.1) is 18.1 Å². The normalized spacial score (nSPS) is 34.7. The highest BCUT2D eigenvalue weighted by molar-refractivity contribution is 7.96. The van der Waals surface area contributed by atoms with Crippen LogP contribution in [0, 0.1) is 0 Å². The van der Waals surface area contributed by atoms with E-state index in [4.69, 9.17) is 64.7 Å². The first-order valence-corrected chi connectivity index (χ1v) is 17.7. The van der Waals surface area contributed by atoms with Crippen molar-refractivity contribution in [3.05, 3.63) is 41.7 Å². The average Bonchev–Trinajstić information content (AvgIpc) is 3.79. The largest absolute Gasteiger partial charge is 0.458 e. The van der Waals surface area contributed by atoms with E-state index in [1.807, 2.05) is 0 Å². The predicted molar refractivity (Wildman–Crippen MR) is 191 cm³/mol. The Bertz CT molecular complexity index is 1480. The van der Waals surface area contributed by atoms with E-state index in [0.29, 0.717) is 5.56 Å². The SMILES string of the molecule is [2H]B([3H])CSOc1cc(C=C(C)C(=O)NC2[C@@H](OSCB([2H])[3H])[C@@H]3OCO[C@@H]3[C@H](O[3H])[C@H]2O[3H])ccc1O[C@@H]1O[C@H](C(=C)OSC[3H])[C@@H](OSCB([2H])[3H])[C@@H]1O[3H]. The number of fused-ring (bicyclic) bond motifs is 1. The summed E-state index contributed by atoms with van der Waals surface area (Å²) in [6.45, 7) is 5.20. The van der Waals surface area contributed by atoms with Gasteiger partial charge in [0, 0.05) is 30.9 Å². The van der Waals surface area contributed by atoms with E-state index in [2.05, 4.69) is 11.9 Å². The van der Waals surface area contributed by atoms with Crippen molar-refractivity contribution in [1.82, 2.24) is 5.32 Å². The van der Waals surface area contributed by atoms with Gasteiger partial charge in [-0.2, -0.15) is 0 Å². The van der Waals surface area contributed by atoms with Crippen LogP contribution >= 0.6 is 48.2 Å². The number of ether oxygens (including phenoxy) is 4. The van der Waals surface area contributed by atoms with Crippen LogP contribution in [0.2, 0.25) is 0 Å². The van der Waals surface area contributed by atoms with Crippen molar-refractivity contribution >= 4 is 83.5 Å². The molecule has 10 atom stereocenters. The molecular formula is C27H40B3NO12S4. The van der Waals surface area contributed by atoms with Crippen LogP contribution in [0.5, 0.6) is 11.5 Å². The Labute approximate surface area is 309 Å². The predicted octanol–water partition coefficient (Wildman–Crippen LogP) is -0.810. The molecule has 1 aromatic carbocycles. The van der Waals surface area contributed by atoms with Gasteiger partial charge in [0.25, 0.3) is 0 Å². The van der Waals surface area contributed by atoms with Gasteiger partial charge >= 0.3 is 0 Å². The lowest BCUT2D eigenvalue weighted by Crippen LogP contribution is -2.67. The number of amides is 1. The van der Waals surface area contributed by atoms with Crippen LogP contribution in [-0.2, 0) is 31.6 Å². The van der Waals surface area contributed by atoms with Gasteiger partial charge in [-0.05, 0) is 74.1 Å². The lowest BCUT2D eigenvalue weighted by atomic mass is 9.83. The van der Waals surface area contributed by atoms with Gasteiger partial charge in [0.15, 0.2) is 11.5 Å². The Kier molecular flexibility index (Phi) is 10.6. The number of aliphatic hydroxyl groups excluding tert-OH is 3. The first-order chi connectivity index (χ1) is 27.3. The summed E-state index contributed by atoms with van der Waals surface area (Å²) in [5.41, 5.74) is 0.494. The quantitative estimate of drug-likeness (QED) is 0.0476. The van der Waals surface area contributed by atoms with Crippen molar-refractivity contribution in [2.45, 2.75) is 68.1 Å². The molecule has 1 aliphatic carbocycles. The van der Waals surface area contributed by atoms with Gasteiger partial charge in [-0.25, -0.2) is 0 Å². The van der Waals surface area contributed by atoms with Crippen LogP contribution < -0.4 is 14.2 Å². The number of nitrogens with one attached hydrogen (secondary N) is 1. The van der Waals surface area contributed by atoms with Crippen LogP contribution in [-0.4, -0.2) is 148 Å². The molecule has 1 aromatic rings. The molecule has 3 fully saturated rings. The fourth-order valence-electron chi connectivity index (χ4n) is 5.04. The number of hydrogen-bond donors (Lipinski definition) is 4. The highest BCUT2D eigenvalue weighted by Crippen LogP contribution is 2.38. The van der Waals surface area contributed by atoms with E-state index in [1.54, 1.807) is 6.07 Å². The van der Waals surface area contributed by atoms with Gasteiger partial charge < -0.3 is 56.3 Å². The van der Waals surface area contributed by atoms with E-state index in [-0.39, 0.29) is 52.8 Å². The third kappa shape index (κ3) is 9.55. The third-order valence-electron chi connectivity index (χ3n) is 7.14. The van der Waals surface area contributed by atoms with Crippen molar-refractivity contribution in [3.8, 4) is 11.5 Å². The first-order valence-electron chi connectivity index (χ1n) is 19.4. The van der Waals surface area contributed by atoms with Crippen LogP contribution in [0.15, 0.2) is 36.1 Å². The van der Waals surface area contributed by atoms with Crippen molar-refractivity contribution in [1.29, 1.82) is 12.3 Å². The molecule has 0 aromatic heterocycles. The van der Waals surface area contributed by atoms with Gasteiger partial charge in [0.2, 0.25) is 16.5 Å². The number of carbonyl (C=O) groups is 1. The molecular weight excluding hydrogens is 691 g/mol. The number of hydrogen-bond acceptors (Lipinski definition) is 16. The van der Waals surface area contributed by atoms with E-state index in [0.717, 1.165) is 48.2 Å². The topological polar surface area (TPSA) is 164 Å². The van der Waals surface area contributed by atoms with Crippen LogP contribution in [0.4, 0.5) is 0 Å². The summed E-state index contributed by atoms with van der Waals surface area (Å²) in [6, 6.07) is 3.49. The fourth-order valence-corrected chi connectivity index (χ4v) is 6.52. The maximum absolute atomic E-state index is 13.7. The van der Waals surface area contributed by atoms with Crippen molar-refractivity contribution in [2.24, 2.45) is 0 Å². The second kappa shape index (κ2) is 18.7. The molecule has 258 valence electrons. The zero-order valence-corrected chi connectivity index (χ0v) is 28.4. The minimum Gasteiger partial charge on any atom is -0.458 e. The Morgan fingerprint density at radius 1 is 1.13 bits per heavy atom. The molecule has 4 N–H and O–H groups in total.